The van der Waals surface area contributed by atoms with Gasteiger partial charge in [0.05, 0.1) is 4.92 Å². The van der Waals surface area contributed by atoms with Crippen LogP contribution in [0.5, 0.6) is 0 Å². The Morgan fingerprint density at radius 1 is 1.62 bits per heavy atom. The van der Waals surface area contributed by atoms with Crippen LogP contribution in [0.2, 0.25) is 0 Å². The van der Waals surface area contributed by atoms with Gasteiger partial charge in [0.1, 0.15) is 11.6 Å². The summed E-state index contributed by atoms with van der Waals surface area (Å²) in [4.78, 5) is 12.0. The van der Waals surface area contributed by atoms with Gasteiger partial charge in [0, 0.05) is 31.9 Å². The third-order valence-electron chi connectivity index (χ3n) is 2.20. The van der Waals surface area contributed by atoms with Gasteiger partial charge >= 0.3 is 0 Å². The van der Waals surface area contributed by atoms with Gasteiger partial charge in [-0.2, -0.15) is 5.26 Å². The fraction of sp³-hybridized carbons (Fsp3) is 0.300. The Hall–Kier alpha value is -2.13. The van der Waals surface area contributed by atoms with Crippen LogP contribution >= 0.6 is 0 Å². The number of benzene rings is 1. The van der Waals surface area contributed by atoms with E-state index in [2.05, 4.69) is 0 Å². The second kappa shape index (κ2) is 5.09. The number of nitrogens with zero attached hydrogens (tertiary/aromatic N) is 3. The third kappa shape index (κ3) is 2.46. The number of nitro groups is 1. The highest BCUT2D eigenvalue weighted by Crippen LogP contribution is 2.24. The molecule has 6 heteroatoms. The van der Waals surface area contributed by atoms with E-state index in [1.165, 1.54) is 12.1 Å². The monoisotopic (exact) mass is 220 g/mol. The molecule has 0 atom stereocenters. The summed E-state index contributed by atoms with van der Waals surface area (Å²) < 4.78 is 0. The molecule has 2 N–H and O–H groups in total. The Morgan fingerprint density at radius 3 is 2.81 bits per heavy atom. The summed E-state index contributed by atoms with van der Waals surface area (Å²) in [6, 6.07) is 6.29. The van der Waals surface area contributed by atoms with Crippen molar-refractivity contribution in [1.82, 2.24) is 0 Å². The minimum absolute atomic E-state index is 0.0647. The highest BCUT2D eigenvalue weighted by Gasteiger charge is 2.15. The van der Waals surface area contributed by atoms with Crippen molar-refractivity contribution in [3.8, 4) is 6.07 Å². The molecule has 0 unspecified atom stereocenters. The molecular formula is C10H12N4O2. The van der Waals surface area contributed by atoms with Crippen LogP contribution in [0.25, 0.3) is 0 Å². The Bertz CT molecular complexity index is 439. The van der Waals surface area contributed by atoms with E-state index in [0.717, 1.165) is 0 Å². The SMILES string of the molecule is CN(CCN)c1ccc(C#N)c([N+](=O)[O-])c1. The molecule has 6 nitrogen and oxygen atoms in total. The molecule has 1 rings (SSSR count). The molecule has 0 aromatic heterocycles. The van der Waals surface area contributed by atoms with Crippen LogP contribution in [0.1, 0.15) is 5.56 Å². The molecule has 0 radical (unpaired) electrons. The fourth-order valence-electron chi connectivity index (χ4n) is 1.33. The molecule has 0 aliphatic rings. The van der Waals surface area contributed by atoms with E-state index in [1.807, 2.05) is 0 Å². The molecule has 0 saturated heterocycles. The Labute approximate surface area is 93.0 Å². The van der Waals surface area contributed by atoms with E-state index in [-0.39, 0.29) is 11.3 Å². The van der Waals surface area contributed by atoms with Gasteiger partial charge in [0.2, 0.25) is 0 Å². The second-order valence-corrected chi connectivity index (χ2v) is 3.28. The van der Waals surface area contributed by atoms with Gasteiger partial charge in [-0.25, -0.2) is 0 Å². The maximum atomic E-state index is 10.7. The average molecular weight is 220 g/mol. The van der Waals surface area contributed by atoms with Crippen molar-refractivity contribution in [2.75, 3.05) is 25.0 Å². The molecule has 0 amide bonds. The zero-order chi connectivity index (χ0) is 12.1. The van der Waals surface area contributed by atoms with E-state index in [1.54, 1.807) is 24.1 Å². The lowest BCUT2D eigenvalue weighted by molar-refractivity contribution is -0.385. The Kier molecular flexibility index (Phi) is 3.80. The van der Waals surface area contributed by atoms with E-state index in [4.69, 9.17) is 11.0 Å². The smallest absolute Gasteiger partial charge is 0.289 e. The minimum atomic E-state index is -0.557. The number of nitro benzene ring substituents is 1. The summed E-state index contributed by atoms with van der Waals surface area (Å²) in [6.07, 6.45) is 0. The molecule has 0 bridgehead atoms. The molecule has 1 aromatic rings. The molecule has 84 valence electrons. The number of likely N-dealkylation sites (N-methyl/N-ethyl adjacent to an activating group) is 1. The van der Waals surface area contributed by atoms with Gasteiger partial charge in [-0.3, -0.25) is 10.1 Å². The zero-order valence-corrected chi connectivity index (χ0v) is 8.88. The van der Waals surface area contributed by atoms with Gasteiger partial charge in [0.15, 0.2) is 0 Å². The summed E-state index contributed by atoms with van der Waals surface area (Å²) in [5, 5.41) is 19.4. The summed E-state index contributed by atoms with van der Waals surface area (Å²) >= 11 is 0. The lowest BCUT2D eigenvalue weighted by Crippen LogP contribution is -2.24. The predicted octanol–water partition coefficient (Wildman–Crippen LogP) is 0.861. The number of rotatable bonds is 4. The van der Waals surface area contributed by atoms with E-state index in [9.17, 15) is 10.1 Å². The Morgan fingerprint density at radius 2 is 2.31 bits per heavy atom. The van der Waals surface area contributed by atoms with Gasteiger partial charge in [-0.1, -0.05) is 0 Å². The van der Waals surface area contributed by atoms with Gasteiger partial charge < -0.3 is 10.6 Å². The molecule has 0 spiro atoms. The van der Waals surface area contributed by atoms with Crippen LogP contribution in [0.15, 0.2) is 18.2 Å². The first kappa shape index (κ1) is 11.9. The summed E-state index contributed by atoms with van der Waals surface area (Å²) in [7, 11) is 1.79. The molecule has 0 saturated carbocycles. The van der Waals surface area contributed by atoms with Crippen LogP contribution in [0.4, 0.5) is 11.4 Å². The number of hydrogen-bond acceptors (Lipinski definition) is 5. The highest BCUT2D eigenvalue weighted by atomic mass is 16.6. The molecule has 16 heavy (non-hydrogen) atoms. The fourth-order valence-corrected chi connectivity index (χ4v) is 1.33. The summed E-state index contributed by atoms with van der Waals surface area (Å²) in [5.74, 6) is 0. The topological polar surface area (TPSA) is 96.2 Å². The lowest BCUT2D eigenvalue weighted by Gasteiger charge is -2.17. The molecule has 0 fully saturated rings. The van der Waals surface area contributed by atoms with Crippen LogP contribution in [-0.4, -0.2) is 25.1 Å². The van der Waals surface area contributed by atoms with Crippen LogP contribution in [-0.2, 0) is 0 Å². The molecule has 0 heterocycles. The standard InChI is InChI=1S/C10H12N4O2/c1-13(5-4-11)9-3-2-8(7-12)10(6-9)14(15)16/h2-3,6H,4-5,11H2,1H3. The third-order valence-corrected chi connectivity index (χ3v) is 2.20. The first-order valence-corrected chi connectivity index (χ1v) is 4.70. The van der Waals surface area contributed by atoms with E-state index < -0.39 is 4.92 Å². The van der Waals surface area contributed by atoms with Crippen LogP contribution < -0.4 is 10.6 Å². The lowest BCUT2D eigenvalue weighted by atomic mass is 10.1. The zero-order valence-electron chi connectivity index (χ0n) is 8.88. The van der Waals surface area contributed by atoms with Crippen molar-refractivity contribution in [1.29, 1.82) is 5.26 Å². The van der Waals surface area contributed by atoms with Crippen molar-refractivity contribution in [3.05, 3.63) is 33.9 Å². The van der Waals surface area contributed by atoms with Gasteiger partial charge in [0.25, 0.3) is 5.69 Å². The largest absolute Gasteiger partial charge is 0.373 e. The van der Waals surface area contributed by atoms with Crippen molar-refractivity contribution in [2.45, 2.75) is 0 Å². The van der Waals surface area contributed by atoms with Gasteiger partial charge in [-0.05, 0) is 12.1 Å². The molecule has 0 aliphatic carbocycles. The number of nitrogens with two attached hydrogens (primary N) is 1. The number of anilines is 1. The van der Waals surface area contributed by atoms with Crippen molar-refractivity contribution in [2.24, 2.45) is 5.73 Å². The summed E-state index contributed by atoms with van der Waals surface area (Å²) in [5.41, 5.74) is 5.96. The number of nitriles is 1. The van der Waals surface area contributed by atoms with Gasteiger partial charge in [-0.15, -0.1) is 0 Å². The highest BCUT2D eigenvalue weighted by molar-refractivity contribution is 5.60. The quantitative estimate of drug-likeness (QED) is 0.599. The maximum Gasteiger partial charge on any atom is 0.289 e. The summed E-state index contributed by atoms with van der Waals surface area (Å²) in [6.45, 7) is 1.06. The number of hydrogen-bond donors (Lipinski definition) is 1. The van der Waals surface area contributed by atoms with E-state index in [0.29, 0.717) is 18.8 Å². The van der Waals surface area contributed by atoms with E-state index >= 15 is 0 Å². The van der Waals surface area contributed by atoms with Crippen molar-refractivity contribution in [3.63, 3.8) is 0 Å². The van der Waals surface area contributed by atoms with Crippen molar-refractivity contribution < 1.29 is 4.92 Å². The second-order valence-electron chi connectivity index (χ2n) is 3.28. The average Bonchev–Trinajstić information content (AvgIpc) is 2.28. The van der Waals surface area contributed by atoms with Crippen LogP contribution in [0.3, 0.4) is 0 Å². The minimum Gasteiger partial charge on any atom is -0.373 e. The molecular weight excluding hydrogens is 208 g/mol. The first-order valence-electron chi connectivity index (χ1n) is 4.70. The first-order chi connectivity index (χ1) is 7.60. The Balaban J connectivity index is 3.13. The molecule has 1 aromatic carbocycles. The van der Waals surface area contributed by atoms with Crippen molar-refractivity contribution >= 4 is 11.4 Å². The molecule has 0 aliphatic heterocycles. The normalized spacial score (nSPS) is 9.56. The predicted molar refractivity (Wildman–Crippen MR) is 60.1 cm³/mol. The maximum absolute atomic E-state index is 10.7. The van der Waals surface area contributed by atoms with Crippen LogP contribution in [0, 0.1) is 21.4 Å².